The molecular weight excluding hydrogens is 374 g/mol. The number of hydrogen-bond donors (Lipinski definition) is 0. The van der Waals surface area contributed by atoms with Crippen molar-refractivity contribution in [1.29, 1.82) is 0 Å². The van der Waals surface area contributed by atoms with Crippen LogP contribution in [-0.4, -0.2) is 24.1 Å². The SMILES string of the molecule is CCc1ccc(-n2c3nc4ccccc4nc3c3c(=O)n(CC(C)C)cnc32)cc1. The van der Waals surface area contributed by atoms with Crippen LogP contribution >= 0.6 is 0 Å². The van der Waals surface area contributed by atoms with Crippen LogP contribution in [0.3, 0.4) is 0 Å². The summed E-state index contributed by atoms with van der Waals surface area (Å²) < 4.78 is 3.62. The van der Waals surface area contributed by atoms with Gasteiger partial charge in [-0.1, -0.05) is 45.0 Å². The minimum Gasteiger partial charge on any atom is -0.298 e. The van der Waals surface area contributed by atoms with E-state index in [1.165, 1.54) is 5.56 Å². The Morgan fingerprint density at radius 1 is 0.933 bits per heavy atom. The average molecular weight is 397 g/mol. The quantitative estimate of drug-likeness (QED) is 0.448. The van der Waals surface area contributed by atoms with Crippen LogP contribution in [0.5, 0.6) is 0 Å². The number of aromatic nitrogens is 5. The van der Waals surface area contributed by atoms with E-state index >= 15 is 0 Å². The molecular formula is C24H23N5O. The summed E-state index contributed by atoms with van der Waals surface area (Å²) in [6.45, 7) is 6.91. The maximum atomic E-state index is 13.4. The van der Waals surface area contributed by atoms with E-state index in [2.05, 4.69) is 50.0 Å². The van der Waals surface area contributed by atoms with Crippen molar-refractivity contribution in [2.45, 2.75) is 33.7 Å². The largest absolute Gasteiger partial charge is 0.298 e. The summed E-state index contributed by atoms with van der Waals surface area (Å²) in [7, 11) is 0. The zero-order chi connectivity index (χ0) is 20.8. The molecule has 3 heterocycles. The summed E-state index contributed by atoms with van der Waals surface area (Å²) in [5.41, 5.74) is 5.50. The second kappa shape index (κ2) is 7.06. The second-order valence-corrected chi connectivity index (χ2v) is 8.03. The van der Waals surface area contributed by atoms with Gasteiger partial charge in [-0.15, -0.1) is 0 Å². The van der Waals surface area contributed by atoms with Gasteiger partial charge in [0.2, 0.25) is 0 Å². The first kappa shape index (κ1) is 18.5. The van der Waals surface area contributed by atoms with Gasteiger partial charge in [-0.3, -0.25) is 13.9 Å². The van der Waals surface area contributed by atoms with Crippen molar-refractivity contribution in [3.05, 3.63) is 70.8 Å². The molecule has 0 aliphatic heterocycles. The molecule has 150 valence electrons. The molecule has 0 N–H and O–H groups in total. The predicted molar refractivity (Wildman–Crippen MR) is 120 cm³/mol. The molecule has 0 fully saturated rings. The third-order valence-corrected chi connectivity index (χ3v) is 5.39. The van der Waals surface area contributed by atoms with Crippen LogP contribution in [0.2, 0.25) is 0 Å². The molecule has 3 aromatic heterocycles. The molecule has 0 amide bonds. The van der Waals surface area contributed by atoms with Gasteiger partial charge in [-0.05, 0) is 42.2 Å². The lowest BCUT2D eigenvalue weighted by Gasteiger charge is -2.09. The molecule has 5 rings (SSSR count). The average Bonchev–Trinajstić information content (AvgIpc) is 3.07. The number of hydrogen-bond acceptors (Lipinski definition) is 4. The topological polar surface area (TPSA) is 65.6 Å². The zero-order valence-electron chi connectivity index (χ0n) is 17.3. The standard InChI is InChI=1S/C24H23N5O/c1-4-16-9-11-17(12-10-16)29-22-20(24(30)28(14-25-22)13-15(2)3)21-23(29)27-19-8-6-5-7-18(19)26-21/h5-12,14-15H,4,13H2,1-3H3. The van der Waals surface area contributed by atoms with E-state index in [1.807, 2.05) is 28.8 Å². The fourth-order valence-corrected chi connectivity index (χ4v) is 3.92. The van der Waals surface area contributed by atoms with Gasteiger partial charge in [0.15, 0.2) is 11.3 Å². The van der Waals surface area contributed by atoms with Gasteiger partial charge in [0.25, 0.3) is 5.56 Å². The molecule has 6 heteroatoms. The van der Waals surface area contributed by atoms with Gasteiger partial charge in [0.1, 0.15) is 10.9 Å². The molecule has 0 unspecified atom stereocenters. The van der Waals surface area contributed by atoms with Crippen molar-refractivity contribution >= 4 is 33.2 Å². The Balaban J connectivity index is 1.91. The molecule has 0 saturated heterocycles. The minimum atomic E-state index is -0.0767. The van der Waals surface area contributed by atoms with Gasteiger partial charge in [0.05, 0.1) is 17.4 Å². The normalized spacial score (nSPS) is 11.9. The van der Waals surface area contributed by atoms with Gasteiger partial charge in [-0.2, -0.15) is 0 Å². The first-order valence-electron chi connectivity index (χ1n) is 10.3. The molecule has 0 bridgehead atoms. The molecule has 0 aliphatic rings. The predicted octanol–water partition coefficient (Wildman–Crippen LogP) is 4.50. The first-order chi connectivity index (χ1) is 14.6. The molecule has 6 nitrogen and oxygen atoms in total. The van der Waals surface area contributed by atoms with Gasteiger partial charge >= 0.3 is 0 Å². The molecule has 0 atom stereocenters. The van der Waals surface area contributed by atoms with Gasteiger partial charge in [-0.25, -0.2) is 15.0 Å². The van der Waals surface area contributed by atoms with Gasteiger partial charge in [0, 0.05) is 12.2 Å². The Morgan fingerprint density at radius 3 is 2.30 bits per heavy atom. The Morgan fingerprint density at radius 2 is 1.63 bits per heavy atom. The van der Waals surface area contributed by atoms with Gasteiger partial charge < -0.3 is 0 Å². The molecule has 0 aliphatic carbocycles. The van der Waals surface area contributed by atoms with Crippen LogP contribution in [0.1, 0.15) is 26.3 Å². The highest BCUT2D eigenvalue weighted by Gasteiger charge is 2.21. The lowest BCUT2D eigenvalue weighted by atomic mass is 10.1. The van der Waals surface area contributed by atoms with E-state index in [0.29, 0.717) is 34.7 Å². The van der Waals surface area contributed by atoms with Crippen LogP contribution in [0.4, 0.5) is 0 Å². The maximum absolute atomic E-state index is 13.4. The van der Waals surface area contributed by atoms with Crippen LogP contribution in [0, 0.1) is 5.92 Å². The summed E-state index contributed by atoms with van der Waals surface area (Å²) in [6.07, 6.45) is 2.61. The number of rotatable bonds is 4. The monoisotopic (exact) mass is 397 g/mol. The highest BCUT2D eigenvalue weighted by molar-refractivity contribution is 6.05. The number of benzene rings is 2. The highest BCUT2D eigenvalue weighted by atomic mass is 16.1. The number of fused-ring (bicyclic) bond motifs is 4. The summed E-state index contributed by atoms with van der Waals surface area (Å²) in [5, 5.41) is 0.519. The Kier molecular flexibility index (Phi) is 4.35. The summed E-state index contributed by atoms with van der Waals surface area (Å²) in [5.74, 6) is 0.337. The molecule has 2 aromatic carbocycles. The number of aryl methyl sites for hydroxylation is 1. The minimum absolute atomic E-state index is 0.0767. The van der Waals surface area contributed by atoms with Crippen molar-refractivity contribution in [3.8, 4) is 5.69 Å². The maximum Gasteiger partial charge on any atom is 0.265 e. The number of para-hydroxylation sites is 2. The van der Waals surface area contributed by atoms with E-state index in [-0.39, 0.29) is 5.56 Å². The molecule has 0 saturated carbocycles. The Bertz CT molecular complexity index is 1440. The Labute approximate surface area is 173 Å². The molecule has 5 aromatic rings. The van der Waals surface area contributed by atoms with E-state index in [9.17, 15) is 4.79 Å². The van der Waals surface area contributed by atoms with Crippen molar-refractivity contribution in [2.24, 2.45) is 5.92 Å². The van der Waals surface area contributed by atoms with Crippen LogP contribution in [-0.2, 0) is 13.0 Å². The third-order valence-electron chi connectivity index (χ3n) is 5.39. The molecule has 0 radical (unpaired) electrons. The van der Waals surface area contributed by atoms with Crippen molar-refractivity contribution in [3.63, 3.8) is 0 Å². The summed E-state index contributed by atoms with van der Waals surface area (Å²) in [4.78, 5) is 27.8. The highest BCUT2D eigenvalue weighted by Crippen LogP contribution is 2.28. The molecule has 30 heavy (non-hydrogen) atoms. The van der Waals surface area contributed by atoms with E-state index in [1.54, 1.807) is 10.9 Å². The van der Waals surface area contributed by atoms with E-state index < -0.39 is 0 Å². The fraction of sp³-hybridized carbons (Fsp3) is 0.250. The van der Waals surface area contributed by atoms with Crippen LogP contribution in [0.15, 0.2) is 59.7 Å². The summed E-state index contributed by atoms with van der Waals surface area (Å²) in [6, 6.07) is 16.0. The molecule has 0 spiro atoms. The van der Waals surface area contributed by atoms with Crippen molar-refractivity contribution in [2.75, 3.05) is 0 Å². The van der Waals surface area contributed by atoms with E-state index in [4.69, 9.17) is 9.97 Å². The van der Waals surface area contributed by atoms with Crippen molar-refractivity contribution < 1.29 is 0 Å². The third kappa shape index (κ3) is 2.87. The zero-order valence-corrected chi connectivity index (χ0v) is 17.3. The lowest BCUT2D eigenvalue weighted by molar-refractivity contribution is 0.508. The smallest absolute Gasteiger partial charge is 0.265 e. The van der Waals surface area contributed by atoms with Crippen molar-refractivity contribution in [1.82, 2.24) is 24.1 Å². The lowest BCUT2D eigenvalue weighted by Crippen LogP contribution is -2.23. The van der Waals surface area contributed by atoms with Crippen LogP contribution in [0.25, 0.3) is 38.9 Å². The fourth-order valence-electron chi connectivity index (χ4n) is 3.92. The second-order valence-electron chi connectivity index (χ2n) is 8.03. The number of nitrogens with zero attached hydrogens (tertiary/aromatic N) is 5. The summed E-state index contributed by atoms with van der Waals surface area (Å²) >= 11 is 0. The van der Waals surface area contributed by atoms with E-state index in [0.717, 1.165) is 23.1 Å². The van der Waals surface area contributed by atoms with Crippen LogP contribution < -0.4 is 5.56 Å². The first-order valence-corrected chi connectivity index (χ1v) is 10.3. The Hall–Kier alpha value is -3.54.